The molecule has 0 aromatic rings. The van der Waals surface area contributed by atoms with Crippen LogP contribution in [0.1, 0.15) is 25.7 Å². The van der Waals surface area contributed by atoms with Crippen molar-refractivity contribution in [3.8, 4) is 6.07 Å². The van der Waals surface area contributed by atoms with Crippen molar-refractivity contribution >= 4 is 5.97 Å². The Morgan fingerprint density at radius 1 is 1.44 bits per heavy atom. The Balaban J connectivity index is 0.000000293. The normalized spacial score (nSPS) is 24.9. The zero-order valence-electron chi connectivity index (χ0n) is 8.50. The summed E-state index contributed by atoms with van der Waals surface area (Å²) in [5, 5.41) is 15.6. The number of carboxylic acids is 1. The maximum Gasteiger partial charge on any atom is 0.490 e. The van der Waals surface area contributed by atoms with Crippen LogP contribution in [-0.2, 0) is 4.79 Å². The molecule has 92 valence electrons. The average molecular weight is 238 g/mol. The van der Waals surface area contributed by atoms with Gasteiger partial charge in [0.05, 0.1) is 6.07 Å². The molecule has 0 amide bonds. The topological polar surface area (TPSA) is 87.1 Å². The molecule has 7 heteroatoms. The Morgan fingerprint density at radius 3 is 2.19 bits per heavy atom. The number of carboxylic acid groups (broad SMARTS) is 1. The molecular formula is C9H13F3N2O2. The van der Waals surface area contributed by atoms with Crippen LogP contribution in [0.5, 0.6) is 0 Å². The number of halogens is 3. The van der Waals surface area contributed by atoms with Crippen LogP contribution in [0.15, 0.2) is 0 Å². The average Bonchev–Trinajstić information content (AvgIpc) is 2.17. The summed E-state index contributed by atoms with van der Waals surface area (Å²) in [5.74, 6) is -2.51. The van der Waals surface area contributed by atoms with E-state index in [-0.39, 0.29) is 5.92 Å². The fraction of sp³-hybridized carbons (Fsp3) is 0.778. The summed E-state index contributed by atoms with van der Waals surface area (Å²) in [6.45, 7) is 0. The molecule has 0 aliphatic heterocycles. The third kappa shape index (κ3) is 6.24. The van der Waals surface area contributed by atoms with Crippen molar-refractivity contribution < 1.29 is 23.1 Å². The molecule has 0 aromatic heterocycles. The first-order valence-electron chi connectivity index (χ1n) is 4.72. The Bertz CT molecular complexity index is 273. The standard InChI is InChI=1S/C7H12N2.C2HF3O2/c8-5-6-2-1-3-7(9)4-6;3-2(4,5)1(6)7/h6-7H,1-4,9H2;(H,6,7)/t6-,7+;/m0./s1. The van der Waals surface area contributed by atoms with Crippen molar-refractivity contribution in [1.29, 1.82) is 5.26 Å². The lowest BCUT2D eigenvalue weighted by atomic mass is 9.87. The van der Waals surface area contributed by atoms with Gasteiger partial charge in [0, 0.05) is 12.0 Å². The van der Waals surface area contributed by atoms with Crippen molar-refractivity contribution in [1.82, 2.24) is 0 Å². The highest BCUT2D eigenvalue weighted by atomic mass is 19.4. The molecule has 0 aromatic carbocycles. The van der Waals surface area contributed by atoms with E-state index in [0.717, 1.165) is 25.7 Å². The highest BCUT2D eigenvalue weighted by Crippen LogP contribution is 2.21. The molecule has 0 bridgehead atoms. The zero-order chi connectivity index (χ0) is 12.8. The molecule has 4 nitrogen and oxygen atoms in total. The van der Waals surface area contributed by atoms with E-state index in [0.29, 0.717) is 6.04 Å². The fourth-order valence-corrected chi connectivity index (χ4v) is 1.34. The first-order chi connectivity index (χ1) is 7.27. The van der Waals surface area contributed by atoms with E-state index >= 15 is 0 Å². The summed E-state index contributed by atoms with van der Waals surface area (Å²) in [4.78, 5) is 8.90. The summed E-state index contributed by atoms with van der Waals surface area (Å²) < 4.78 is 31.7. The SMILES string of the molecule is N#C[C@H]1CCC[C@@H](N)C1.O=C(O)C(F)(F)F. The molecule has 0 saturated heterocycles. The van der Waals surface area contributed by atoms with E-state index in [1.165, 1.54) is 0 Å². The molecule has 2 atom stereocenters. The number of hydrogen-bond acceptors (Lipinski definition) is 3. The predicted molar refractivity (Wildman–Crippen MR) is 49.2 cm³/mol. The van der Waals surface area contributed by atoms with Gasteiger partial charge in [0.15, 0.2) is 0 Å². The van der Waals surface area contributed by atoms with Gasteiger partial charge in [-0.3, -0.25) is 0 Å². The number of nitriles is 1. The Labute approximate surface area is 90.8 Å². The lowest BCUT2D eigenvalue weighted by Crippen LogP contribution is -2.26. The van der Waals surface area contributed by atoms with E-state index < -0.39 is 12.1 Å². The van der Waals surface area contributed by atoms with Crippen molar-refractivity contribution in [2.24, 2.45) is 11.7 Å². The number of nitrogens with two attached hydrogens (primary N) is 1. The van der Waals surface area contributed by atoms with Gasteiger partial charge < -0.3 is 10.8 Å². The Kier molecular flexibility index (Phi) is 5.82. The molecule has 1 fully saturated rings. The summed E-state index contributed by atoms with van der Waals surface area (Å²) in [6.07, 6.45) is -0.863. The van der Waals surface area contributed by atoms with Crippen molar-refractivity contribution in [2.75, 3.05) is 0 Å². The molecule has 0 spiro atoms. The van der Waals surface area contributed by atoms with Gasteiger partial charge >= 0.3 is 12.1 Å². The molecule has 0 unspecified atom stereocenters. The van der Waals surface area contributed by atoms with Crippen molar-refractivity contribution in [2.45, 2.75) is 37.9 Å². The molecule has 1 aliphatic carbocycles. The van der Waals surface area contributed by atoms with Crippen LogP contribution in [0.3, 0.4) is 0 Å². The first-order valence-corrected chi connectivity index (χ1v) is 4.72. The van der Waals surface area contributed by atoms with Gasteiger partial charge in [-0.05, 0) is 19.3 Å². The number of carbonyl (C=O) groups is 1. The van der Waals surface area contributed by atoms with E-state index in [4.69, 9.17) is 20.9 Å². The second-order valence-electron chi connectivity index (χ2n) is 3.56. The van der Waals surface area contributed by atoms with Gasteiger partial charge in [0.1, 0.15) is 0 Å². The van der Waals surface area contributed by atoms with E-state index in [1.54, 1.807) is 0 Å². The summed E-state index contributed by atoms with van der Waals surface area (Å²) in [7, 11) is 0. The van der Waals surface area contributed by atoms with Crippen LogP contribution < -0.4 is 5.73 Å². The van der Waals surface area contributed by atoms with Crippen LogP contribution in [0.4, 0.5) is 13.2 Å². The number of hydrogen-bond donors (Lipinski definition) is 2. The van der Waals surface area contributed by atoms with E-state index in [1.807, 2.05) is 0 Å². The van der Waals surface area contributed by atoms with Gasteiger partial charge in [-0.15, -0.1) is 0 Å². The molecule has 1 saturated carbocycles. The smallest absolute Gasteiger partial charge is 0.475 e. The summed E-state index contributed by atoms with van der Waals surface area (Å²) in [6, 6.07) is 2.55. The molecule has 1 rings (SSSR count). The number of nitrogens with zero attached hydrogens (tertiary/aromatic N) is 1. The van der Waals surface area contributed by atoms with Gasteiger partial charge in [-0.25, -0.2) is 4.79 Å². The molecule has 1 aliphatic rings. The van der Waals surface area contributed by atoms with Crippen LogP contribution in [0.25, 0.3) is 0 Å². The second kappa shape index (κ2) is 6.33. The first kappa shape index (κ1) is 14.7. The highest BCUT2D eigenvalue weighted by Gasteiger charge is 2.38. The molecular weight excluding hydrogens is 225 g/mol. The minimum absolute atomic E-state index is 0.244. The predicted octanol–water partition coefficient (Wildman–Crippen LogP) is 1.66. The van der Waals surface area contributed by atoms with Gasteiger partial charge in [0.2, 0.25) is 0 Å². The third-order valence-electron chi connectivity index (χ3n) is 2.14. The summed E-state index contributed by atoms with van der Waals surface area (Å²) >= 11 is 0. The number of aliphatic carboxylic acids is 1. The van der Waals surface area contributed by atoms with Crippen molar-refractivity contribution in [3.05, 3.63) is 0 Å². The number of rotatable bonds is 0. The molecule has 3 N–H and O–H groups in total. The fourth-order valence-electron chi connectivity index (χ4n) is 1.34. The lowest BCUT2D eigenvalue weighted by molar-refractivity contribution is -0.192. The summed E-state index contributed by atoms with van der Waals surface area (Å²) in [5.41, 5.74) is 5.65. The number of alkyl halides is 3. The lowest BCUT2D eigenvalue weighted by Gasteiger charge is -2.20. The maximum absolute atomic E-state index is 10.6. The van der Waals surface area contributed by atoms with E-state index in [2.05, 4.69) is 6.07 Å². The van der Waals surface area contributed by atoms with Gasteiger partial charge in [0.25, 0.3) is 0 Å². The van der Waals surface area contributed by atoms with Crippen LogP contribution in [0.2, 0.25) is 0 Å². The largest absolute Gasteiger partial charge is 0.490 e. The quantitative estimate of drug-likeness (QED) is 0.671. The minimum atomic E-state index is -5.08. The van der Waals surface area contributed by atoms with Gasteiger partial charge in [-0.2, -0.15) is 18.4 Å². The monoisotopic (exact) mass is 238 g/mol. The Morgan fingerprint density at radius 2 is 1.94 bits per heavy atom. The van der Waals surface area contributed by atoms with Crippen molar-refractivity contribution in [3.63, 3.8) is 0 Å². The highest BCUT2D eigenvalue weighted by molar-refractivity contribution is 5.73. The molecule has 0 heterocycles. The molecule has 0 radical (unpaired) electrons. The maximum atomic E-state index is 10.6. The molecule has 16 heavy (non-hydrogen) atoms. The van der Waals surface area contributed by atoms with Crippen LogP contribution in [-0.4, -0.2) is 23.3 Å². The minimum Gasteiger partial charge on any atom is -0.475 e. The zero-order valence-corrected chi connectivity index (χ0v) is 8.50. The second-order valence-corrected chi connectivity index (χ2v) is 3.56. The van der Waals surface area contributed by atoms with E-state index in [9.17, 15) is 13.2 Å². The van der Waals surface area contributed by atoms with Gasteiger partial charge in [-0.1, -0.05) is 6.42 Å². The Hall–Kier alpha value is -1.29. The van der Waals surface area contributed by atoms with Crippen LogP contribution >= 0.6 is 0 Å². The third-order valence-corrected chi connectivity index (χ3v) is 2.14. The van der Waals surface area contributed by atoms with Crippen LogP contribution in [0, 0.1) is 17.2 Å².